The molecule has 0 aliphatic heterocycles. The number of carbonyl (C=O) groups is 1. The smallest absolute Gasteiger partial charge is 0.155 e. The molecule has 0 rings (SSSR count). The molecule has 0 aromatic carbocycles. The number of hydrogen-bond donors (Lipinski definition) is 0. The van der Waals surface area contributed by atoms with Gasteiger partial charge in [0.05, 0.1) is 0 Å². The van der Waals surface area contributed by atoms with Crippen molar-refractivity contribution < 1.29 is 4.79 Å². The van der Waals surface area contributed by atoms with Crippen molar-refractivity contribution in [1.29, 1.82) is 0 Å². The average molecular weight is 175 g/mol. The van der Waals surface area contributed by atoms with E-state index in [-0.39, 0.29) is 5.78 Å². The van der Waals surface area contributed by atoms with Crippen LogP contribution < -0.4 is 0 Å². The normalized spacial score (nSPS) is 9.55. The lowest BCUT2D eigenvalue weighted by Crippen LogP contribution is -1.91. The molecule has 2 heteroatoms. The highest BCUT2D eigenvalue weighted by Crippen LogP contribution is 2.04. The molecule has 0 atom stereocenters. The highest BCUT2D eigenvalue weighted by atomic mass is 35.5. The van der Waals surface area contributed by atoms with Gasteiger partial charge in [0.2, 0.25) is 0 Å². The lowest BCUT2D eigenvalue weighted by Gasteiger charge is -1.95. The molecular weight excluding hydrogens is 160 g/mol. The van der Waals surface area contributed by atoms with Crippen LogP contribution in [-0.4, -0.2) is 11.7 Å². The lowest BCUT2D eigenvalue weighted by atomic mass is 10.1. The van der Waals surface area contributed by atoms with Crippen molar-refractivity contribution in [3.63, 3.8) is 0 Å². The zero-order valence-corrected chi connectivity index (χ0v) is 7.57. The van der Waals surface area contributed by atoms with Crippen LogP contribution in [0.4, 0.5) is 0 Å². The summed E-state index contributed by atoms with van der Waals surface area (Å²) in [6, 6.07) is 0. The van der Waals surface area contributed by atoms with Crippen LogP contribution in [0.3, 0.4) is 0 Å². The van der Waals surface area contributed by atoms with Gasteiger partial charge in [0.1, 0.15) is 0 Å². The van der Waals surface area contributed by atoms with E-state index in [1.54, 1.807) is 0 Å². The second kappa shape index (κ2) is 7.80. The van der Waals surface area contributed by atoms with Crippen LogP contribution in [0.2, 0.25) is 0 Å². The van der Waals surface area contributed by atoms with Crippen LogP contribution in [0.5, 0.6) is 0 Å². The number of ketones is 1. The first kappa shape index (κ1) is 10.7. The minimum atomic E-state index is 0.149. The standard InChI is InChI=1S/C9H15ClO/c1-2-9(11)7-5-3-4-6-8-10/h2H,1,3-8H2. The quantitative estimate of drug-likeness (QED) is 0.330. The van der Waals surface area contributed by atoms with E-state index >= 15 is 0 Å². The fraction of sp³-hybridized carbons (Fsp3) is 0.667. The molecule has 0 aliphatic carbocycles. The molecule has 0 fully saturated rings. The van der Waals surface area contributed by atoms with Gasteiger partial charge in [-0.15, -0.1) is 11.6 Å². The molecule has 0 aromatic heterocycles. The van der Waals surface area contributed by atoms with E-state index in [1.165, 1.54) is 6.08 Å². The summed E-state index contributed by atoms with van der Waals surface area (Å²) >= 11 is 5.49. The Labute approximate surface area is 73.4 Å². The monoisotopic (exact) mass is 174 g/mol. The zero-order chi connectivity index (χ0) is 8.53. The molecule has 0 spiro atoms. The highest BCUT2D eigenvalue weighted by molar-refractivity contribution is 6.17. The van der Waals surface area contributed by atoms with E-state index < -0.39 is 0 Å². The second-order valence-corrected chi connectivity index (χ2v) is 2.90. The van der Waals surface area contributed by atoms with Crippen molar-refractivity contribution >= 4 is 17.4 Å². The Bertz CT molecular complexity index is 121. The van der Waals surface area contributed by atoms with Crippen LogP contribution in [0.25, 0.3) is 0 Å². The van der Waals surface area contributed by atoms with Crippen molar-refractivity contribution in [1.82, 2.24) is 0 Å². The lowest BCUT2D eigenvalue weighted by molar-refractivity contribution is -0.114. The maximum absolute atomic E-state index is 10.7. The fourth-order valence-electron chi connectivity index (χ4n) is 0.849. The maximum Gasteiger partial charge on any atom is 0.155 e. The van der Waals surface area contributed by atoms with E-state index in [1.807, 2.05) is 0 Å². The molecule has 0 radical (unpaired) electrons. The van der Waals surface area contributed by atoms with Gasteiger partial charge in [0.15, 0.2) is 5.78 Å². The summed E-state index contributed by atoms with van der Waals surface area (Å²) in [5, 5.41) is 0. The van der Waals surface area contributed by atoms with Gasteiger partial charge in [0, 0.05) is 12.3 Å². The molecule has 0 aromatic rings. The van der Waals surface area contributed by atoms with Crippen LogP contribution in [0.15, 0.2) is 12.7 Å². The van der Waals surface area contributed by atoms with Crippen molar-refractivity contribution in [2.75, 3.05) is 5.88 Å². The van der Waals surface area contributed by atoms with E-state index in [2.05, 4.69) is 6.58 Å². The summed E-state index contributed by atoms with van der Waals surface area (Å²) in [6.45, 7) is 3.41. The van der Waals surface area contributed by atoms with Gasteiger partial charge >= 0.3 is 0 Å². The first-order valence-electron chi connectivity index (χ1n) is 4.02. The molecule has 0 saturated carbocycles. The van der Waals surface area contributed by atoms with E-state index in [4.69, 9.17) is 11.6 Å². The molecule has 1 nitrogen and oxygen atoms in total. The summed E-state index contributed by atoms with van der Waals surface area (Å²) in [5.74, 6) is 0.881. The number of unbranched alkanes of at least 4 members (excludes halogenated alkanes) is 3. The first-order valence-corrected chi connectivity index (χ1v) is 4.56. The molecule has 64 valence electrons. The van der Waals surface area contributed by atoms with Crippen molar-refractivity contribution in [3.8, 4) is 0 Å². The summed E-state index contributed by atoms with van der Waals surface area (Å²) in [4.78, 5) is 10.7. The first-order chi connectivity index (χ1) is 5.31. The Morgan fingerprint density at radius 2 is 1.91 bits per heavy atom. The Morgan fingerprint density at radius 3 is 2.45 bits per heavy atom. The third-order valence-corrected chi connectivity index (χ3v) is 1.80. The maximum atomic E-state index is 10.7. The Balaban J connectivity index is 3.01. The highest BCUT2D eigenvalue weighted by Gasteiger charge is 1.94. The predicted octanol–water partition coefficient (Wildman–Crippen LogP) is 2.93. The molecule has 0 unspecified atom stereocenters. The minimum Gasteiger partial charge on any atom is -0.295 e. The molecule has 0 amide bonds. The molecule has 0 bridgehead atoms. The number of carbonyl (C=O) groups excluding carboxylic acids is 1. The van der Waals surface area contributed by atoms with Gasteiger partial charge in [-0.25, -0.2) is 0 Å². The SMILES string of the molecule is C=CC(=O)CCCCCCCl. The van der Waals surface area contributed by atoms with E-state index in [9.17, 15) is 4.79 Å². The van der Waals surface area contributed by atoms with Gasteiger partial charge < -0.3 is 0 Å². The Kier molecular flexibility index (Phi) is 7.59. The van der Waals surface area contributed by atoms with Gasteiger partial charge in [0.25, 0.3) is 0 Å². The molecule has 0 heterocycles. The third-order valence-electron chi connectivity index (χ3n) is 1.53. The number of allylic oxidation sites excluding steroid dienone is 1. The van der Waals surface area contributed by atoms with E-state index in [0.29, 0.717) is 6.42 Å². The van der Waals surface area contributed by atoms with Crippen molar-refractivity contribution in [3.05, 3.63) is 12.7 Å². The predicted molar refractivity (Wildman–Crippen MR) is 49.0 cm³/mol. The molecule has 0 saturated heterocycles. The molecular formula is C9H15ClO. The third kappa shape index (κ3) is 7.60. The average Bonchev–Trinajstić information content (AvgIpc) is 2.04. The molecule has 11 heavy (non-hydrogen) atoms. The van der Waals surface area contributed by atoms with E-state index in [0.717, 1.165) is 31.6 Å². The van der Waals surface area contributed by atoms with Crippen LogP contribution in [0.1, 0.15) is 32.1 Å². The summed E-state index contributed by atoms with van der Waals surface area (Å²) < 4.78 is 0. The minimum absolute atomic E-state index is 0.149. The number of halogens is 1. The fourth-order valence-corrected chi connectivity index (χ4v) is 1.04. The van der Waals surface area contributed by atoms with Crippen LogP contribution >= 0.6 is 11.6 Å². The number of hydrogen-bond acceptors (Lipinski definition) is 1. The van der Waals surface area contributed by atoms with Crippen LogP contribution in [0, 0.1) is 0 Å². The summed E-state index contributed by atoms with van der Waals surface area (Å²) in [5.41, 5.74) is 0. The topological polar surface area (TPSA) is 17.1 Å². The van der Waals surface area contributed by atoms with Crippen molar-refractivity contribution in [2.24, 2.45) is 0 Å². The zero-order valence-electron chi connectivity index (χ0n) is 6.81. The van der Waals surface area contributed by atoms with Crippen LogP contribution in [-0.2, 0) is 4.79 Å². The molecule has 0 N–H and O–H groups in total. The summed E-state index contributed by atoms with van der Waals surface area (Å²) in [7, 11) is 0. The second-order valence-electron chi connectivity index (χ2n) is 2.52. The largest absolute Gasteiger partial charge is 0.295 e. The van der Waals surface area contributed by atoms with Crippen molar-refractivity contribution in [2.45, 2.75) is 32.1 Å². The summed E-state index contributed by atoms with van der Waals surface area (Å²) in [6.07, 6.45) is 6.30. The van der Waals surface area contributed by atoms with Gasteiger partial charge in [-0.3, -0.25) is 4.79 Å². The van der Waals surface area contributed by atoms with Gasteiger partial charge in [-0.05, 0) is 18.9 Å². The Morgan fingerprint density at radius 1 is 1.27 bits per heavy atom. The number of rotatable bonds is 7. The Hall–Kier alpha value is -0.300. The number of alkyl halides is 1. The van der Waals surface area contributed by atoms with Gasteiger partial charge in [-0.1, -0.05) is 19.4 Å². The molecule has 0 aliphatic rings. The van der Waals surface area contributed by atoms with Gasteiger partial charge in [-0.2, -0.15) is 0 Å².